The third kappa shape index (κ3) is 3.39. The number of furan rings is 1. The van der Waals surface area contributed by atoms with Crippen molar-refractivity contribution < 1.29 is 9.52 Å². The Kier molecular flexibility index (Phi) is 3.87. The number of halogens is 1. The molecule has 0 saturated heterocycles. The fourth-order valence-corrected chi connectivity index (χ4v) is 1.59. The summed E-state index contributed by atoms with van der Waals surface area (Å²) in [5, 5.41) is 9.52. The molecule has 1 heterocycles. The molecule has 3 heteroatoms. The lowest BCUT2D eigenvalue weighted by molar-refractivity contribution is 0.244. The van der Waals surface area contributed by atoms with Gasteiger partial charge in [0.2, 0.25) is 0 Å². The first-order valence-corrected chi connectivity index (χ1v) is 5.58. The van der Waals surface area contributed by atoms with Crippen LogP contribution in [0.2, 0.25) is 5.02 Å². The zero-order valence-corrected chi connectivity index (χ0v) is 9.87. The molecule has 1 aromatic carbocycles. The van der Waals surface area contributed by atoms with Gasteiger partial charge in [0, 0.05) is 10.6 Å². The number of rotatable bonds is 2. The molecule has 2 rings (SSSR count). The molecule has 0 unspecified atom stereocenters. The van der Waals surface area contributed by atoms with Gasteiger partial charge in [0.1, 0.15) is 18.1 Å². The van der Waals surface area contributed by atoms with Crippen LogP contribution in [-0.2, 0) is 13.0 Å². The van der Waals surface area contributed by atoms with Gasteiger partial charge in [-0.1, -0.05) is 29.5 Å². The fraction of sp³-hybridized carbons (Fsp3) is 0.143. The van der Waals surface area contributed by atoms with Gasteiger partial charge in [-0.3, -0.25) is 0 Å². The van der Waals surface area contributed by atoms with Crippen molar-refractivity contribution >= 4 is 11.6 Å². The molecule has 0 fully saturated rings. The monoisotopic (exact) mass is 246 g/mol. The number of hydrogen-bond donors (Lipinski definition) is 1. The van der Waals surface area contributed by atoms with E-state index in [2.05, 4.69) is 11.8 Å². The predicted molar refractivity (Wildman–Crippen MR) is 66.7 cm³/mol. The van der Waals surface area contributed by atoms with E-state index in [1.165, 1.54) is 0 Å². The first-order chi connectivity index (χ1) is 8.28. The van der Waals surface area contributed by atoms with Gasteiger partial charge in [-0.15, -0.1) is 0 Å². The average Bonchev–Trinajstić information content (AvgIpc) is 2.77. The van der Waals surface area contributed by atoms with Gasteiger partial charge in [0.15, 0.2) is 0 Å². The summed E-state index contributed by atoms with van der Waals surface area (Å²) in [7, 11) is 0. The van der Waals surface area contributed by atoms with Crippen molar-refractivity contribution in [3.63, 3.8) is 0 Å². The highest BCUT2D eigenvalue weighted by atomic mass is 35.5. The molecule has 2 nitrogen and oxygen atoms in total. The molecule has 0 amide bonds. The summed E-state index contributed by atoms with van der Waals surface area (Å²) < 4.78 is 5.32. The Bertz CT molecular complexity index is 561. The lowest BCUT2D eigenvalue weighted by atomic mass is 10.2. The lowest BCUT2D eigenvalue weighted by Gasteiger charge is -1.91. The first-order valence-electron chi connectivity index (χ1n) is 5.21. The summed E-state index contributed by atoms with van der Waals surface area (Å²) in [6, 6.07) is 11.0. The molecule has 0 radical (unpaired) electrons. The van der Waals surface area contributed by atoms with Gasteiger partial charge >= 0.3 is 0 Å². The molecule has 0 atom stereocenters. The van der Waals surface area contributed by atoms with E-state index < -0.39 is 0 Å². The van der Waals surface area contributed by atoms with E-state index in [1.54, 1.807) is 6.07 Å². The Morgan fingerprint density at radius 3 is 2.71 bits per heavy atom. The highest BCUT2D eigenvalue weighted by Crippen LogP contribution is 2.10. The maximum absolute atomic E-state index is 8.84. The van der Waals surface area contributed by atoms with Gasteiger partial charge in [-0.05, 0) is 30.3 Å². The van der Waals surface area contributed by atoms with Crippen LogP contribution in [0.4, 0.5) is 0 Å². The number of aliphatic hydroxyl groups excluding tert-OH is 1. The zero-order valence-electron chi connectivity index (χ0n) is 9.11. The molecule has 2 aromatic rings. The third-order valence-electron chi connectivity index (χ3n) is 2.19. The largest absolute Gasteiger partial charge is 0.463 e. The molecular formula is C14H11ClO2. The van der Waals surface area contributed by atoms with Crippen molar-refractivity contribution in [2.45, 2.75) is 13.0 Å². The summed E-state index contributed by atoms with van der Waals surface area (Å²) in [4.78, 5) is 0. The molecule has 17 heavy (non-hydrogen) atoms. The van der Waals surface area contributed by atoms with Crippen LogP contribution >= 0.6 is 11.6 Å². The number of hydrogen-bond acceptors (Lipinski definition) is 2. The third-order valence-corrected chi connectivity index (χ3v) is 2.43. The summed E-state index contributed by atoms with van der Waals surface area (Å²) in [5.41, 5.74) is 0.881. The molecule has 1 aromatic heterocycles. The Balaban J connectivity index is 2.03. The second-order valence-corrected chi connectivity index (χ2v) is 3.95. The first kappa shape index (κ1) is 11.8. The second-order valence-electron chi connectivity index (χ2n) is 3.52. The molecule has 0 bridgehead atoms. The van der Waals surface area contributed by atoms with Crippen LogP contribution in [0, 0.1) is 11.8 Å². The van der Waals surface area contributed by atoms with Gasteiger partial charge in [-0.2, -0.15) is 0 Å². The van der Waals surface area contributed by atoms with Crippen molar-refractivity contribution in [3.05, 3.63) is 58.5 Å². The lowest BCUT2D eigenvalue weighted by Crippen LogP contribution is -1.78. The quantitative estimate of drug-likeness (QED) is 0.827. The number of aliphatic hydroxyl groups is 1. The molecular weight excluding hydrogens is 236 g/mol. The Morgan fingerprint density at radius 1 is 1.18 bits per heavy atom. The topological polar surface area (TPSA) is 33.4 Å². The van der Waals surface area contributed by atoms with Crippen LogP contribution in [-0.4, -0.2) is 5.11 Å². The highest BCUT2D eigenvalue weighted by molar-refractivity contribution is 6.30. The second kappa shape index (κ2) is 5.58. The van der Waals surface area contributed by atoms with Crippen molar-refractivity contribution in [3.8, 4) is 11.8 Å². The molecule has 86 valence electrons. The summed E-state index contributed by atoms with van der Waals surface area (Å²) in [5.74, 6) is 7.32. The maximum Gasteiger partial charge on any atom is 0.129 e. The van der Waals surface area contributed by atoms with E-state index in [0.717, 1.165) is 11.3 Å². The molecule has 0 aliphatic heterocycles. The normalized spacial score (nSPS) is 9.76. The molecule has 0 aliphatic carbocycles. The predicted octanol–water partition coefficient (Wildman–Crippen LogP) is 3.02. The fourth-order valence-electron chi connectivity index (χ4n) is 1.40. The summed E-state index contributed by atoms with van der Waals surface area (Å²) in [6.45, 7) is -0.0816. The zero-order chi connectivity index (χ0) is 12.1. The SMILES string of the molecule is OCc1ccc(CC#Cc2cccc(Cl)c2)o1. The minimum atomic E-state index is -0.0816. The minimum Gasteiger partial charge on any atom is -0.463 e. The van der Waals surface area contributed by atoms with Crippen LogP contribution in [0.5, 0.6) is 0 Å². The van der Waals surface area contributed by atoms with E-state index >= 15 is 0 Å². The van der Waals surface area contributed by atoms with Gasteiger partial charge < -0.3 is 9.52 Å². The van der Waals surface area contributed by atoms with Crippen LogP contribution in [0.3, 0.4) is 0 Å². The van der Waals surface area contributed by atoms with E-state index in [0.29, 0.717) is 17.2 Å². The maximum atomic E-state index is 8.84. The van der Waals surface area contributed by atoms with Crippen molar-refractivity contribution in [2.75, 3.05) is 0 Å². The summed E-state index contributed by atoms with van der Waals surface area (Å²) in [6.07, 6.45) is 0.520. The van der Waals surface area contributed by atoms with Gasteiger partial charge in [0.25, 0.3) is 0 Å². The Hall–Kier alpha value is -1.69. The van der Waals surface area contributed by atoms with Crippen molar-refractivity contribution in [2.24, 2.45) is 0 Å². The van der Waals surface area contributed by atoms with E-state index in [-0.39, 0.29) is 6.61 Å². The molecule has 0 aliphatic rings. The molecule has 0 spiro atoms. The van der Waals surface area contributed by atoms with Crippen LogP contribution in [0.25, 0.3) is 0 Å². The van der Waals surface area contributed by atoms with Gasteiger partial charge in [0.05, 0.1) is 6.42 Å². The molecule has 1 N–H and O–H groups in total. The van der Waals surface area contributed by atoms with E-state index in [4.69, 9.17) is 21.1 Å². The standard InChI is InChI=1S/C14H11ClO2/c15-12-5-1-3-11(9-12)4-2-6-13-7-8-14(10-16)17-13/h1,3,5,7-9,16H,6,10H2. The Morgan fingerprint density at radius 2 is 2.00 bits per heavy atom. The number of benzene rings is 1. The van der Waals surface area contributed by atoms with Crippen LogP contribution < -0.4 is 0 Å². The van der Waals surface area contributed by atoms with Crippen LogP contribution in [0.1, 0.15) is 17.1 Å². The van der Waals surface area contributed by atoms with Crippen molar-refractivity contribution in [1.82, 2.24) is 0 Å². The Labute approximate surface area is 105 Å². The van der Waals surface area contributed by atoms with Crippen LogP contribution in [0.15, 0.2) is 40.8 Å². The van der Waals surface area contributed by atoms with E-state index in [9.17, 15) is 0 Å². The molecule has 0 saturated carbocycles. The average molecular weight is 247 g/mol. The summed E-state index contributed by atoms with van der Waals surface area (Å²) >= 11 is 5.85. The van der Waals surface area contributed by atoms with Gasteiger partial charge in [-0.25, -0.2) is 0 Å². The highest BCUT2D eigenvalue weighted by Gasteiger charge is 1.98. The minimum absolute atomic E-state index is 0.0816. The van der Waals surface area contributed by atoms with E-state index in [1.807, 2.05) is 30.3 Å². The smallest absolute Gasteiger partial charge is 0.129 e. The van der Waals surface area contributed by atoms with Crippen molar-refractivity contribution in [1.29, 1.82) is 0 Å².